The zero-order valence-electron chi connectivity index (χ0n) is 11.6. The largest absolute Gasteiger partial charge is 0.309 e. The molecule has 0 radical (unpaired) electrons. The van der Waals surface area contributed by atoms with E-state index in [0.29, 0.717) is 11.1 Å². The summed E-state index contributed by atoms with van der Waals surface area (Å²) in [7, 11) is 0. The van der Waals surface area contributed by atoms with E-state index in [1.807, 2.05) is 0 Å². The highest BCUT2D eigenvalue weighted by molar-refractivity contribution is 5.06. The van der Waals surface area contributed by atoms with Crippen LogP contribution < -0.4 is 5.32 Å². The van der Waals surface area contributed by atoms with Gasteiger partial charge in [0, 0.05) is 30.2 Å². The highest BCUT2D eigenvalue weighted by atomic mass is 15.3. The highest BCUT2D eigenvalue weighted by Crippen LogP contribution is 2.42. The smallest absolute Gasteiger partial charge is 0.0337 e. The quantitative estimate of drug-likeness (QED) is 0.753. The van der Waals surface area contributed by atoms with Crippen LogP contribution in [-0.2, 0) is 0 Å². The summed E-state index contributed by atoms with van der Waals surface area (Å²) in [4.78, 5) is 2.93. The molecule has 98 valence electrons. The molecule has 0 aromatic heterocycles. The van der Waals surface area contributed by atoms with E-state index in [4.69, 9.17) is 0 Å². The molecule has 1 aliphatic heterocycles. The van der Waals surface area contributed by atoms with E-state index in [0.717, 1.165) is 6.04 Å². The summed E-state index contributed by atoms with van der Waals surface area (Å²) in [6.07, 6.45) is 11.6. The van der Waals surface area contributed by atoms with Gasteiger partial charge in [0.1, 0.15) is 0 Å². The third-order valence-electron chi connectivity index (χ3n) is 5.37. The fraction of sp³-hybridized carbons (Fsp3) is 1.00. The van der Waals surface area contributed by atoms with Gasteiger partial charge in [-0.1, -0.05) is 25.7 Å². The second kappa shape index (κ2) is 4.24. The second-order valence-electron chi connectivity index (χ2n) is 7.24. The van der Waals surface area contributed by atoms with Gasteiger partial charge in [-0.2, -0.15) is 0 Å². The van der Waals surface area contributed by atoms with Crippen LogP contribution >= 0.6 is 0 Å². The molecule has 2 nitrogen and oxygen atoms in total. The van der Waals surface area contributed by atoms with E-state index in [2.05, 4.69) is 24.1 Å². The highest BCUT2D eigenvalue weighted by Gasteiger charge is 2.48. The average Bonchev–Trinajstić information content (AvgIpc) is 2.95. The molecule has 0 aromatic carbocycles. The van der Waals surface area contributed by atoms with Crippen LogP contribution in [0, 0.1) is 0 Å². The van der Waals surface area contributed by atoms with Crippen molar-refractivity contribution in [2.75, 3.05) is 13.1 Å². The van der Waals surface area contributed by atoms with Crippen molar-refractivity contribution in [2.24, 2.45) is 0 Å². The first-order valence-electron chi connectivity index (χ1n) is 7.63. The van der Waals surface area contributed by atoms with Gasteiger partial charge in [-0.25, -0.2) is 0 Å². The maximum absolute atomic E-state index is 3.80. The minimum absolute atomic E-state index is 0.316. The zero-order chi connectivity index (χ0) is 11.9. The molecule has 1 N–H and O–H groups in total. The minimum atomic E-state index is 0.316. The lowest BCUT2D eigenvalue weighted by atomic mass is 9.85. The van der Waals surface area contributed by atoms with Crippen LogP contribution in [-0.4, -0.2) is 35.1 Å². The molecule has 2 heteroatoms. The summed E-state index contributed by atoms with van der Waals surface area (Å²) < 4.78 is 0. The van der Waals surface area contributed by atoms with Crippen molar-refractivity contribution >= 4 is 0 Å². The molecule has 1 spiro atoms. The summed E-state index contributed by atoms with van der Waals surface area (Å²) in [6, 6.07) is 0.898. The molecule has 3 fully saturated rings. The molecule has 3 rings (SSSR count). The number of piperazine rings is 1. The van der Waals surface area contributed by atoms with Gasteiger partial charge in [-0.3, -0.25) is 4.90 Å². The summed E-state index contributed by atoms with van der Waals surface area (Å²) in [5.41, 5.74) is 0.848. The molecule has 0 unspecified atom stereocenters. The van der Waals surface area contributed by atoms with Crippen LogP contribution in [0.2, 0.25) is 0 Å². The van der Waals surface area contributed by atoms with Crippen molar-refractivity contribution in [1.82, 2.24) is 10.2 Å². The first kappa shape index (κ1) is 12.0. The maximum atomic E-state index is 3.80. The number of nitrogens with one attached hydrogen (secondary N) is 1. The lowest BCUT2D eigenvalue weighted by Gasteiger charge is -2.54. The Hall–Kier alpha value is -0.0800. The number of hydrogen-bond donors (Lipinski definition) is 1. The molecule has 17 heavy (non-hydrogen) atoms. The lowest BCUT2D eigenvalue weighted by molar-refractivity contribution is -0.0135. The lowest BCUT2D eigenvalue weighted by Crippen LogP contribution is -2.69. The van der Waals surface area contributed by atoms with Gasteiger partial charge in [0.15, 0.2) is 0 Å². The van der Waals surface area contributed by atoms with Crippen molar-refractivity contribution < 1.29 is 0 Å². The van der Waals surface area contributed by atoms with Gasteiger partial charge in [0.25, 0.3) is 0 Å². The fourth-order valence-corrected chi connectivity index (χ4v) is 4.38. The van der Waals surface area contributed by atoms with Gasteiger partial charge < -0.3 is 5.32 Å². The second-order valence-corrected chi connectivity index (χ2v) is 7.24. The Morgan fingerprint density at radius 1 is 1.00 bits per heavy atom. The Morgan fingerprint density at radius 3 is 2.29 bits per heavy atom. The van der Waals surface area contributed by atoms with E-state index < -0.39 is 0 Å². The minimum Gasteiger partial charge on any atom is -0.309 e. The standard InChI is InChI=1S/C15H28N2/c1-14(2)12-17(13-7-3-4-8-13)15(11-16-14)9-5-6-10-15/h13,16H,3-12H2,1-2H3. The average molecular weight is 236 g/mol. The fourth-order valence-electron chi connectivity index (χ4n) is 4.38. The summed E-state index contributed by atoms with van der Waals surface area (Å²) in [6.45, 7) is 7.24. The summed E-state index contributed by atoms with van der Waals surface area (Å²) in [5.74, 6) is 0. The first-order valence-corrected chi connectivity index (χ1v) is 7.63. The van der Waals surface area contributed by atoms with Gasteiger partial charge >= 0.3 is 0 Å². The molecule has 2 aliphatic carbocycles. The Labute approximate surface area is 106 Å². The molecule has 1 heterocycles. The predicted octanol–water partition coefficient (Wildman–Crippen LogP) is 2.93. The Balaban J connectivity index is 1.82. The Bertz CT molecular complexity index is 273. The van der Waals surface area contributed by atoms with Crippen molar-refractivity contribution in [2.45, 2.75) is 82.3 Å². The van der Waals surface area contributed by atoms with Gasteiger partial charge in [0.2, 0.25) is 0 Å². The predicted molar refractivity (Wildman–Crippen MR) is 72.2 cm³/mol. The Kier molecular flexibility index (Phi) is 2.99. The summed E-state index contributed by atoms with van der Waals surface area (Å²) in [5, 5.41) is 3.80. The van der Waals surface area contributed by atoms with Crippen LogP contribution in [0.15, 0.2) is 0 Å². The number of rotatable bonds is 1. The van der Waals surface area contributed by atoms with Crippen LogP contribution in [0.4, 0.5) is 0 Å². The van der Waals surface area contributed by atoms with E-state index in [1.165, 1.54) is 64.5 Å². The molecule has 3 aliphatic rings. The zero-order valence-corrected chi connectivity index (χ0v) is 11.6. The van der Waals surface area contributed by atoms with E-state index >= 15 is 0 Å². The molecule has 0 aromatic rings. The molecule has 0 amide bonds. The van der Waals surface area contributed by atoms with Gasteiger partial charge in [-0.15, -0.1) is 0 Å². The molecule has 0 bridgehead atoms. The SMILES string of the molecule is CC1(C)CN(C2CCCC2)C2(CCCC2)CN1. The topological polar surface area (TPSA) is 15.3 Å². The van der Waals surface area contributed by atoms with Crippen molar-refractivity contribution in [3.05, 3.63) is 0 Å². The van der Waals surface area contributed by atoms with Crippen molar-refractivity contribution in [3.63, 3.8) is 0 Å². The van der Waals surface area contributed by atoms with Crippen molar-refractivity contribution in [3.8, 4) is 0 Å². The number of hydrogen-bond acceptors (Lipinski definition) is 2. The van der Waals surface area contributed by atoms with Crippen LogP contribution in [0.1, 0.15) is 65.2 Å². The first-order chi connectivity index (χ1) is 8.11. The van der Waals surface area contributed by atoms with E-state index in [1.54, 1.807) is 0 Å². The van der Waals surface area contributed by atoms with E-state index in [-0.39, 0.29) is 0 Å². The molecular formula is C15H28N2. The summed E-state index contributed by atoms with van der Waals surface area (Å²) >= 11 is 0. The van der Waals surface area contributed by atoms with Crippen LogP contribution in [0.5, 0.6) is 0 Å². The van der Waals surface area contributed by atoms with Gasteiger partial charge in [0.05, 0.1) is 0 Å². The maximum Gasteiger partial charge on any atom is 0.0337 e. The monoisotopic (exact) mass is 236 g/mol. The Morgan fingerprint density at radius 2 is 1.65 bits per heavy atom. The van der Waals surface area contributed by atoms with Crippen molar-refractivity contribution in [1.29, 1.82) is 0 Å². The molecular weight excluding hydrogens is 208 g/mol. The number of nitrogens with zero attached hydrogens (tertiary/aromatic N) is 1. The van der Waals surface area contributed by atoms with Crippen LogP contribution in [0.3, 0.4) is 0 Å². The third kappa shape index (κ3) is 2.15. The van der Waals surface area contributed by atoms with Crippen LogP contribution in [0.25, 0.3) is 0 Å². The normalized spacial score (nSPS) is 33.5. The van der Waals surface area contributed by atoms with E-state index in [9.17, 15) is 0 Å². The third-order valence-corrected chi connectivity index (χ3v) is 5.37. The van der Waals surface area contributed by atoms with Gasteiger partial charge in [-0.05, 0) is 39.5 Å². The molecule has 2 saturated carbocycles. The molecule has 0 atom stereocenters. The molecule has 1 saturated heterocycles.